The number of ether oxygens (including phenoxy) is 3. The van der Waals surface area contributed by atoms with E-state index < -0.39 is 0 Å². The minimum Gasteiger partial charge on any atom is -0.496 e. The maximum atomic E-state index is 5.86. The highest BCUT2D eigenvalue weighted by Crippen LogP contribution is 2.45. The molecule has 0 saturated heterocycles. The molecule has 0 bridgehead atoms. The molecule has 6 heteroatoms. The minimum atomic E-state index is 0.578. The van der Waals surface area contributed by atoms with Gasteiger partial charge in [-0.3, -0.25) is 4.68 Å². The van der Waals surface area contributed by atoms with Crippen molar-refractivity contribution in [3.8, 4) is 28.5 Å². The van der Waals surface area contributed by atoms with Crippen LogP contribution in [-0.2, 0) is 7.05 Å². The molecule has 1 aliphatic rings. The molecular formula is C14H17N3O3. The summed E-state index contributed by atoms with van der Waals surface area (Å²) in [6.07, 6.45) is 0.848. The summed E-state index contributed by atoms with van der Waals surface area (Å²) in [7, 11) is 3.42. The predicted octanol–water partition coefficient (Wildman–Crippen LogP) is 1.84. The summed E-state index contributed by atoms with van der Waals surface area (Å²) in [5.74, 6) is 2.64. The van der Waals surface area contributed by atoms with Gasteiger partial charge in [0.25, 0.3) is 0 Å². The normalized spacial score (nSPS) is 13.9. The second-order valence-corrected chi connectivity index (χ2v) is 4.60. The van der Waals surface area contributed by atoms with E-state index in [1.165, 1.54) is 0 Å². The van der Waals surface area contributed by atoms with Crippen LogP contribution in [0.25, 0.3) is 11.3 Å². The van der Waals surface area contributed by atoms with Gasteiger partial charge in [-0.1, -0.05) is 0 Å². The third-order valence-corrected chi connectivity index (χ3v) is 3.27. The van der Waals surface area contributed by atoms with E-state index in [0.717, 1.165) is 12.0 Å². The quantitative estimate of drug-likeness (QED) is 0.905. The average Bonchev–Trinajstić information content (AvgIpc) is 2.67. The van der Waals surface area contributed by atoms with Crippen LogP contribution >= 0.6 is 0 Å². The smallest absolute Gasteiger partial charge is 0.174 e. The summed E-state index contributed by atoms with van der Waals surface area (Å²) in [4.78, 5) is 0. The molecule has 0 saturated carbocycles. The Morgan fingerprint density at radius 1 is 1.30 bits per heavy atom. The summed E-state index contributed by atoms with van der Waals surface area (Å²) in [6.45, 7) is 1.25. The molecule has 2 aromatic rings. The van der Waals surface area contributed by atoms with Gasteiger partial charge in [0, 0.05) is 19.5 Å². The molecule has 0 amide bonds. The summed E-state index contributed by atoms with van der Waals surface area (Å²) in [5.41, 5.74) is 7.35. The highest BCUT2D eigenvalue weighted by molar-refractivity contribution is 5.78. The monoisotopic (exact) mass is 275 g/mol. The first-order valence-electron chi connectivity index (χ1n) is 6.47. The molecule has 2 heterocycles. The van der Waals surface area contributed by atoms with Gasteiger partial charge in [-0.2, -0.15) is 5.10 Å². The number of fused-ring (bicyclic) bond motifs is 1. The van der Waals surface area contributed by atoms with Gasteiger partial charge in [0.2, 0.25) is 0 Å². The van der Waals surface area contributed by atoms with Crippen LogP contribution in [0.5, 0.6) is 17.2 Å². The molecule has 0 atom stereocenters. The second-order valence-electron chi connectivity index (χ2n) is 4.60. The van der Waals surface area contributed by atoms with Gasteiger partial charge < -0.3 is 19.9 Å². The van der Waals surface area contributed by atoms with Gasteiger partial charge >= 0.3 is 0 Å². The number of nitrogens with two attached hydrogens (primary N) is 1. The molecular weight excluding hydrogens is 258 g/mol. The van der Waals surface area contributed by atoms with Crippen molar-refractivity contribution in [2.24, 2.45) is 7.05 Å². The Kier molecular flexibility index (Phi) is 3.14. The molecule has 1 aromatic heterocycles. The molecule has 0 fully saturated rings. The van der Waals surface area contributed by atoms with Crippen LogP contribution < -0.4 is 19.9 Å². The van der Waals surface area contributed by atoms with Gasteiger partial charge in [-0.25, -0.2) is 0 Å². The largest absolute Gasteiger partial charge is 0.496 e. The van der Waals surface area contributed by atoms with Gasteiger partial charge in [-0.15, -0.1) is 0 Å². The number of benzene rings is 1. The molecule has 0 aliphatic carbocycles. The standard InChI is InChI=1S/C14H17N3O3/c1-17-12(15)8-9(16-17)13-10(18-2)4-5-11-14(13)20-7-3-6-19-11/h4-5,8H,3,6-7,15H2,1-2H3. The summed E-state index contributed by atoms with van der Waals surface area (Å²) < 4.78 is 18.6. The fourth-order valence-electron chi connectivity index (χ4n) is 2.23. The highest BCUT2D eigenvalue weighted by atomic mass is 16.5. The van der Waals surface area contributed by atoms with E-state index in [1.807, 2.05) is 12.1 Å². The van der Waals surface area contributed by atoms with E-state index in [1.54, 1.807) is 24.9 Å². The van der Waals surface area contributed by atoms with Crippen molar-refractivity contribution in [3.05, 3.63) is 18.2 Å². The van der Waals surface area contributed by atoms with E-state index in [0.29, 0.717) is 42.0 Å². The number of hydrogen-bond donors (Lipinski definition) is 1. The topological polar surface area (TPSA) is 71.5 Å². The third-order valence-electron chi connectivity index (χ3n) is 3.27. The van der Waals surface area contributed by atoms with E-state index in [-0.39, 0.29) is 0 Å². The highest BCUT2D eigenvalue weighted by Gasteiger charge is 2.22. The molecule has 106 valence electrons. The molecule has 1 aromatic carbocycles. The van der Waals surface area contributed by atoms with Crippen LogP contribution in [0.15, 0.2) is 18.2 Å². The van der Waals surface area contributed by atoms with Gasteiger partial charge in [0.05, 0.1) is 25.9 Å². The molecule has 0 radical (unpaired) electrons. The first kappa shape index (κ1) is 12.7. The Morgan fingerprint density at radius 2 is 2.10 bits per heavy atom. The van der Waals surface area contributed by atoms with E-state index in [9.17, 15) is 0 Å². The average molecular weight is 275 g/mol. The van der Waals surface area contributed by atoms with Gasteiger partial charge in [-0.05, 0) is 12.1 Å². The Bertz CT molecular complexity index is 617. The van der Waals surface area contributed by atoms with Crippen molar-refractivity contribution in [1.29, 1.82) is 0 Å². The van der Waals surface area contributed by atoms with Crippen LogP contribution in [0.1, 0.15) is 6.42 Å². The third kappa shape index (κ3) is 2.03. The van der Waals surface area contributed by atoms with Crippen LogP contribution in [0.4, 0.5) is 5.82 Å². The second kappa shape index (κ2) is 4.96. The SMILES string of the molecule is COc1ccc2c(c1-c1cc(N)n(C)n1)OCCCO2. The number of aryl methyl sites for hydroxylation is 1. The van der Waals surface area contributed by atoms with Crippen molar-refractivity contribution in [2.75, 3.05) is 26.1 Å². The van der Waals surface area contributed by atoms with Crippen LogP contribution in [0.3, 0.4) is 0 Å². The Morgan fingerprint density at radius 3 is 2.80 bits per heavy atom. The van der Waals surface area contributed by atoms with Crippen LogP contribution in [0, 0.1) is 0 Å². The zero-order chi connectivity index (χ0) is 14.1. The zero-order valence-electron chi connectivity index (χ0n) is 11.5. The predicted molar refractivity (Wildman–Crippen MR) is 75.2 cm³/mol. The maximum absolute atomic E-state index is 5.86. The Balaban J connectivity index is 2.21. The summed E-state index contributed by atoms with van der Waals surface area (Å²) in [5, 5.41) is 4.40. The van der Waals surface area contributed by atoms with Gasteiger partial charge in [0.1, 0.15) is 17.3 Å². The zero-order valence-corrected chi connectivity index (χ0v) is 11.5. The Labute approximate surface area is 117 Å². The van der Waals surface area contributed by atoms with Gasteiger partial charge in [0.15, 0.2) is 11.5 Å². The number of methoxy groups -OCH3 is 1. The number of aromatic nitrogens is 2. The van der Waals surface area contributed by atoms with Crippen molar-refractivity contribution in [2.45, 2.75) is 6.42 Å². The molecule has 1 aliphatic heterocycles. The first-order valence-corrected chi connectivity index (χ1v) is 6.47. The number of anilines is 1. The van der Waals surface area contributed by atoms with Crippen molar-refractivity contribution >= 4 is 5.82 Å². The van der Waals surface area contributed by atoms with Crippen molar-refractivity contribution < 1.29 is 14.2 Å². The lowest BCUT2D eigenvalue weighted by Crippen LogP contribution is -1.99. The molecule has 3 rings (SSSR count). The first-order chi connectivity index (χ1) is 9.70. The Hall–Kier alpha value is -2.37. The lowest BCUT2D eigenvalue weighted by molar-refractivity contribution is 0.297. The minimum absolute atomic E-state index is 0.578. The summed E-state index contributed by atoms with van der Waals surface area (Å²) >= 11 is 0. The van der Waals surface area contributed by atoms with Crippen LogP contribution in [0.2, 0.25) is 0 Å². The fourth-order valence-corrected chi connectivity index (χ4v) is 2.23. The molecule has 20 heavy (non-hydrogen) atoms. The van der Waals surface area contributed by atoms with E-state index >= 15 is 0 Å². The molecule has 0 unspecified atom stereocenters. The maximum Gasteiger partial charge on any atom is 0.174 e. The lowest BCUT2D eigenvalue weighted by atomic mass is 10.1. The number of nitrogens with zero attached hydrogens (tertiary/aromatic N) is 2. The van der Waals surface area contributed by atoms with Crippen LogP contribution in [-0.4, -0.2) is 30.1 Å². The number of hydrogen-bond acceptors (Lipinski definition) is 5. The molecule has 2 N–H and O–H groups in total. The summed E-state index contributed by atoms with van der Waals surface area (Å²) in [6, 6.07) is 5.51. The van der Waals surface area contributed by atoms with Crippen molar-refractivity contribution in [1.82, 2.24) is 9.78 Å². The molecule has 6 nitrogen and oxygen atoms in total. The number of nitrogen functional groups attached to an aromatic ring is 1. The fraction of sp³-hybridized carbons (Fsp3) is 0.357. The van der Waals surface area contributed by atoms with E-state index in [2.05, 4.69) is 5.10 Å². The molecule has 0 spiro atoms. The number of rotatable bonds is 2. The van der Waals surface area contributed by atoms with Crippen molar-refractivity contribution in [3.63, 3.8) is 0 Å². The van der Waals surface area contributed by atoms with E-state index in [4.69, 9.17) is 19.9 Å². The lowest BCUT2D eigenvalue weighted by Gasteiger charge is -2.14.